The van der Waals surface area contributed by atoms with Gasteiger partial charge in [0.2, 0.25) is 5.91 Å². The molecule has 2 aromatic carbocycles. The first kappa shape index (κ1) is 14.6. The van der Waals surface area contributed by atoms with Crippen LogP contribution in [-0.4, -0.2) is 23.4 Å². The van der Waals surface area contributed by atoms with Gasteiger partial charge in [-0.1, -0.05) is 12.1 Å². The summed E-state index contributed by atoms with van der Waals surface area (Å²) in [4.78, 5) is 22.9. The number of anilines is 1. The van der Waals surface area contributed by atoms with Crippen LogP contribution in [0.5, 0.6) is 11.5 Å². The van der Waals surface area contributed by atoms with E-state index in [0.717, 1.165) is 0 Å². The molecule has 5 heteroatoms. The fourth-order valence-corrected chi connectivity index (χ4v) is 1.75. The van der Waals surface area contributed by atoms with Gasteiger partial charge in [0.25, 0.3) is 0 Å². The Hall–Kier alpha value is -2.82. The van der Waals surface area contributed by atoms with Crippen LogP contribution in [0.15, 0.2) is 48.5 Å². The average Bonchev–Trinajstić information content (AvgIpc) is 2.46. The first-order chi connectivity index (χ1) is 10.1. The Bertz CT molecular complexity index is 650. The summed E-state index contributed by atoms with van der Waals surface area (Å²) in [5, 5.41) is 12.2. The van der Waals surface area contributed by atoms with E-state index in [4.69, 9.17) is 4.74 Å². The van der Waals surface area contributed by atoms with Crippen LogP contribution in [0.4, 0.5) is 5.69 Å². The molecule has 21 heavy (non-hydrogen) atoms. The van der Waals surface area contributed by atoms with Crippen LogP contribution in [0.2, 0.25) is 0 Å². The topological polar surface area (TPSA) is 75.6 Å². The molecule has 0 heterocycles. The van der Waals surface area contributed by atoms with E-state index in [0.29, 0.717) is 11.3 Å². The highest BCUT2D eigenvalue weighted by Crippen LogP contribution is 2.24. The number of carbonyl (C=O) groups excluding carboxylic acids is 2. The Labute approximate surface area is 122 Å². The molecule has 108 valence electrons. The molecule has 0 bridgehead atoms. The molecular formula is C16H15NO4. The van der Waals surface area contributed by atoms with Gasteiger partial charge in [0, 0.05) is 18.2 Å². The number of ether oxygens (including phenoxy) is 1. The number of benzene rings is 2. The van der Waals surface area contributed by atoms with Crippen LogP contribution >= 0.6 is 0 Å². The molecule has 2 aromatic rings. The van der Waals surface area contributed by atoms with E-state index in [9.17, 15) is 14.7 Å². The Kier molecular flexibility index (Phi) is 4.56. The largest absolute Gasteiger partial charge is 0.504 e. The maximum Gasteiger partial charge on any atom is 0.221 e. The van der Waals surface area contributed by atoms with Gasteiger partial charge >= 0.3 is 0 Å². The molecule has 1 amide bonds. The third kappa shape index (κ3) is 4.07. The number of hydrogen-bond acceptors (Lipinski definition) is 4. The fraction of sp³-hybridized carbons (Fsp3) is 0.125. The van der Waals surface area contributed by atoms with Crippen molar-refractivity contribution in [2.45, 2.75) is 6.92 Å². The lowest BCUT2D eigenvalue weighted by atomic mass is 10.1. The summed E-state index contributed by atoms with van der Waals surface area (Å²) in [6.45, 7) is 1.25. The smallest absolute Gasteiger partial charge is 0.221 e. The predicted molar refractivity (Wildman–Crippen MR) is 78.7 cm³/mol. The van der Waals surface area contributed by atoms with Crippen molar-refractivity contribution in [1.82, 2.24) is 0 Å². The molecule has 2 N–H and O–H groups in total. The number of phenols is 1. The lowest BCUT2D eigenvalue weighted by Gasteiger charge is -2.07. The van der Waals surface area contributed by atoms with Gasteiger partial charge in [-0.15, -0.1) is 0 Å². The van der Waals surface area contributed by atoms with Gasteiger partial charge in [0.1, 0.15) is 0 Å². The lowest BCUT2D eigenvalue weighted by molar-refractivity contribution is -0.114. The van der Waals surface area contributed by atoms with Gasteiger partial charge in [0.15, 0.2) is 23.9 Å². The Morgan fingerprint density at radius 2 is 1.76 bits per heavy atom. The molecule has 5 nitrogen and oxygen atoms in total. The minimum absolute atomic E-state index is 0.00805. The number of aromatic hydroxyl groups is 1. The van der Waals surface area contributed by atoms with E-state index in [1.165, 1.54) is 13.0 Å². The molecule has 0 aromatic heterocycles. The van der Waals surface area contributed by atoms with Gasteiger partial charge in [-0.05, 0) is 36.4 Å². The summed E-state index contributed by atoms with van der Waals surface area (Å²) in [7, 11) is 0. The standard InChI is InChI=1S/C16H15NO4/c1-11(18)17-13-8-6-12(7-9-13)15(20)10-21-16-5-3-2-4-14(16)19/h2-9,19H,10H2,1H3,(H,17,18). The first-order valence-electron chi connectivity index (χ1n) is 6.38. The zero-order valence-electron chi connectivity index (χ0n) is 11.5. The molecular weight excluding hydrogens is 270 g/mol. The normalized spacial score (nSPS) is 9.95. The van der Waals surface area contributed by atoms with Crippen LogP contribution in [0, 0.1) is 0 Å². The van der Waals surface area contributed by atoms with E-state index >= 15 is 0 Å². The summed E-state index contributed by atoms with van der Waals surface area (Å²) >= 11 is 0. The summed E-state index contributed by atoms with van der Waals surface area (Å²) in [6, 6.07) is 13.0. The summed E-state index contributed by atoms with van der Waals surface area (Å²) < 4.78 is 5.28. The Balaban J connectivity index is 1.97. The zero-order chi connectivity index (χ0) is 15.2. The second-order valence-electron chi connectivity index (χ2n) is 4.44. The predicted octanol–water partition coefficient (Wildman–Crippen LogP) is 2.61. The van der Waals surface area contributed by atoms with E-state index in [1.54, 1.807) is 42.5 Å². The number of carbonyl (C=O) groups is 2. The van der Waals surface area contributed by atoms with E-state index in [1.807, 2.05) is 0 Å². The van der Waals surface area contributed by atoms with E-state index in [-0.39, 0.29) is 29.8 Å². The van der Waals surface area contributed by atoms with Crippen LogP contribution < -0.4 is 10.1 Å². The van der Waals surface area contributed by atoms with Gasteiger partial charge in [-0.3, -0.25) is 9.59 Å². The molecule has 0 radical (unpaired) electrons. The molecule has 0 aliphatic heterocycles. The molecule has 0 aliphatic carbocycles. The molecule has 0 saturated heterocycles. The van der Waals surface area contributed by atoms with Crippen LogP contribution in [0.25, 0.3) is 0 Å². The summed E-state index contributed by atoms with van der Waals surface area (Å²) in [5.41, 5.74) is 1.10. The number of para-hydroxylation sites is 2. The van der Waals surface area contributed by atoms with Gasteiger partial charge < -0.3 is 15.2 Å². The molecule has 0 atom stereocenters. The Morgan fingerprint density at radius 3 is 2.38 bits per heavy atom. The van der Waals surface area contributed by atoms with Crippen molar-refractivity contribution >= 4 is 17.4 Å². The average molecular weight is 285 g/mol. The highest BCUT2D eigenvalue weighted by atomic mass is 16.5. The van der Waals surface area contributed by atoms with Crippen molar-refractivity contribution in [1.29, 1.82) is 0 Å². The van der Waals surface area contributed by atoms with Gasteiger partial charge in [0.05, 0.1) is 0 Å². The second-order valence-corrected chi connectivity index (χ2v) is 4.44. The highest BCUT2D eigenvalue weighted by Gasteiger charge is 2.08. The number of nitrogens with one attached hydrogen (secondary N) is 1. The number of rotatable bonds is 5. The first-order valence-corrected chi connectivity index (χ1v) is 6.38. The fourth-order valence-electron chi connectivity index (χ4n) is 1.75. The van der Waals surface area contributed by atoms with Crippen LogP contribution in [0.1, 0.15) is 17.3 Å². The number of amides is 1. The SMILES string of the molecule is CC(=O)Nc1ccc(C(=O)COc2ccccc2O)cc1. The molecule has 2 rings (SSSR count). The van der Waals surface area contributed by atoms with Crippen LogP contribution in [-0.2, 0) is 4.79 Å². The van der Waals surface area contributed by atoms with Gasteiger partial charge in [-0.2, -0.15) is 0 Å². The van der Waals surface area contributed by atoms with E-state index in [2.05, 4.69) is 5.32 Å². The van der Waals surface area contributed by atoms with Crippen molar-refractivity contribution in [2.24, 2.45) is 0 Å². The monoisotopic (exact) mass is 285 g/mol. The molecule has 0 saturated carbocycles. The third-order valence-electron chi connectivity index (χ3n) is 2.75. The Morgan fingerprint density at radius 1 is 1.10 bits per heavy atom. The lowest BCUT2D eigenvalue weighted by Crippen LogP contribution is -2.12. The van der Waals surface area contributed by atoms with Crippen molar-refractivity contribution < 1.29 is 19.4 Å². The molecule has 0 unspecified atom stereocenters. The van der Waals surface area contributed by atoms with Crippen LogP contribution in [0.3, 0.4) is 0 Å². The highest BCUT2D eigenvalue weighted by molar-refractivity contribution is 5.98. The van der Waals surface area contributed by atoms with Crippen molar-refractivity contribution in [3.63, 3.8) is 0 Å². The zero-order valence-corrected chi connectivity index (χ0v) is 11.5. The quantitative estimate of drug-likeness (QED) is 0.828. The second kappa shape index (κ2) is 6.56. The number of Topliss-reactive ketones (excluding diaryl/α,β-unsaturated/α-hetero) is 1. The minimum Gasteiger partial charge on any atom is -0.504 e. The molecule has 0 fully saturated rings. The van der Waals surface area contributed by atoms with E-state index < -0.39 is 0 Å². The van der Waals surface area contributed by atoms with Crippen molar-refractivity contribution in [3.05, 3.63) is 54.1 Å². The number of phenolic OH excluding ortho intramolecular Hbond substituents is 1. The summed E-state index contributed by atoms with van der Waals surface area (Å²) in [5.74, 6) is -0.128. The van der Waals surface area contributed by atoms with Gasteiger partial charge in [-0.25, -0.2) is 0 Å². The number of ketones is 1. The third-order valence-corrected chi connectivity index (χ3v) is 2.75. The molecule has 0 aliphatic rings. The summed E-state index contributed by atoms with van der Waals surface area (Å²) in [6.07, 6.45) is 0. The maximum atomic E-state index is 12.0. The maximum absolute atomic E-state index is 12.0. The van der Waals surface area contributed by atoms with Crippen molar-refractivity contribution in [2.75, 3.05) is 11.9 Å². The molecule has 0 spiro atoms. The van der Waals surface area contributed by atoms with Crippen molar-refractivity contribution in [3.8, 4) is 11.5 Å². The number of hydrogen-bond donors (Lipinski definition) is 2. The minimum atomic E-state index is -0.215.